The number of nitrogens with one attached hydrogen (secondary N) is 1. The topological polar surface area (TPSA) is 12.0 Å². The molecule has 0 spiro atoms. The van der Waals surface area contributed by atoms with E-state index < -0.39 is 0 Å². The first-order valence-electron chi connectivity index (χ1n) is 4.63. The van der Waals surface area contributed by atoms with E-state index in [0.717, 1.165) is 24.0 Å². The van der Waals surface area contributed by atoms with Crippen molar-refractivity contribution < 1.29 is 18.9 Å². The summed E-state index contributed by atoms with van der Waals surface area (Å²) in [7, 11) is 0. The third kappa shape index (κ3) is 10.5. The predicted octanol–water partition coefficient (Wildman–Crippen LogP) is 0.196. The molecule has 1 aromatic carbocycles. The van der Waals surface area contributed by atoms with Crippen LogP contribution < -0.4 is 24.2 Å². The summed E-state index contributed by atoms with van der Waals surface area (Å²) in [6.45, 7) is 11.1. The number of aryl methyl sites for hydroxylation is 1. The Bertz CT molecular complexity index is 216. The summed E-state index contributed by atoms with van der Waals surface area (Å²) in [5.41, 5.74) is 1.25. The van der Waals surface area contributed by atoms with Crippen molar-refractivity contribution in [2.75, 3.05) is 13.1 Å². The van der Waals surface area contributed by atoms with E-state index in [4.69, 9.17) is 0 Å². The van der Waals surface area contributed by atoms with E-state index in [-0.39, 0.29) is 18.9 Å². The Morgan fingerprint density at radius 3 is 2.40 bits per heavy atom. The van der Waals surface area contributed by atoms with Crippen molar-refractivity contribution >= 4 is 15.9 Å². The van der Waals surface area contributed by atoms with Crippen LogP contribution >= 0.6 is 15.9 Å². The van der Waals surface area contributed by atoms with E-state index in [0.29, 0.717) is 0 Å². The molecular formula is C12H17BrLiN-2. The zero-order valence-corrected chi connectivity index (χ0v) is 11.2. The van der Waals surface area contributed by atoms with E-state index in [1.165, 1.54) is 5.56 Å². The second-order valence-electron chi connectivity index (χ2n) is 2.78. The van der Waals surface area contributed by atoms with Gasteiger partial charge in [0.1, 0.15) is 0 Å². The first kappa shape index (κ1) is 17.6. The van der Waals surface area contributed by atoms with Gasteiger partial charge in [-0.2, -0.15) is 30.7 Å². The van der Waals surface area contributed by atoms with Crippen LogP contribution in [-0.4, -0.2) is 13.1 Å². The Kier molecular flexibility index (Phi) is 14.5. The van der Waals surface area contributed by atoms with Crippen LogP contribution in [0.4, 0.5) is 0 Å². The van der Waals surface area contributed by atoms with Gasteiger partial charge in [0, 0.05) is 0 Å². The summed E-state index contributed by atoms with van der Waals surface area (Å²) in [4.78, 5) is 0. The average Bonchev–Trinajstić information content (AvgIpc) is 2.20. The zero-order valence-electron chi connectivity index (χ0n) is 9.65. The molecule has 0 heterocycles. The van der Waals surface area contributed by atoms with Crippen LogP contribution in [0.3, 0.4) is 0 Å². The molecule has 1 N–H and O–H groups in total. The Morgan fingerprint density at radius 1 is 1.47 bits per heavy atom. The van der Waals surface area contributed by atoms with E-state index in [9.17, 15) is 0 Å². The van der Waals surface area contributed by atoms with Crippen LogP contribution in [0.1, 0.15) is 12.0 Å². The fraction of sp³-hybridized carbons (Fsp3) is 0.333. The van der Waals surface area contributed by atoms with Crippen LogP contribution in [-0.2, 0) is 0 Å². The molecule has 0 unspecified atom stereocenters. The second kappa shape index (κ2) is 12.3. The minimum absolute atomic E-state index is 0. The third-order valence-electron chi connectivity index (χ3n) is 1.55. The third-order valence-corrected chi connectivity index (χ3v) is 2.40. The summed E-state index contributed by atoms with van der Waals surface area (Å²) in [6, 6.07) is 8.79. The Morgan fingerprint density at radius 2 is 2.13 bits per heavy atom. The smallest absolute Gasteiger partial charge is 0.349 e. The van der Waals surface area contributed by atoms with Crippen molar-refractivity contribution in [3.8, 4) is 0 Å². The first-order chi connectivity index (χ1) is 6.72. The van der Waals surface area contributed by atoms with Gasteiger partial charge in [-0.15, -0.1) is 28.0 Å². The standard InChI is InChI=1S/C7H6Br.C5H11N.Li/c1-6-4-2-3-5-7(6)8;1-3-5-6-4-2;/h2,4-5H,1H3;6H,1-5H2;/q-1;-2;+1. The molecule has 80 valence electrons. The van der Waals surface area contributed by atoms with E-state index in [1.807, 2.05) is 18.2 Å². The normalized spacial score (nSPS) is 8.53. The van der Waals surface area contributed by atoms with Crippen molar-refractivity contribution in [1.82, 2.24) is 5.32 Å². The molecular weight excluding hydrogens is 245 g/mol. The predicted molar refractivity (Wildman–Crippen MR) is 65.9 cm³/mol. The fourth-order valence-electron chi connectivity index (χ4n) is 0.738. The van der Waals surface area contributed by atoms with Gasteiger partial charge < -0.3 is 19.2 Å². The molecule has 0 aliphatic rings. The molecule has 0 atom stereocenters. The van der Waals surface area contributed by atoms with Crippen LogP contribution in [0.5, 0.6) is 0 Å². The molecule has 0 saturated carbocycles. The number of halogens is 1. The molecule has 0 bridgehead atoms. The van der Waals surface area contributed by atoms with Crippen molar-refractivity contribution in [2.24, 2.45) is 0 Å². The number of hydrogen-bond donors (Lipinski definition) is 1. The minimum atomic E-state index is 0. The van der Waals surface area contributed by atoms with Gasteiger partial charge in [0.15, 0.2) is 0 Å². The summed E-state index contributed by atoms with van der Waals surface area (Å²) in [6.07, 6.45) is 0.954. The maximum absolute atomic E-state index is 3.63. The maximum atomic E-state index is 3.63. The van der Waals surface area contributed by atoms with E-state index in [1.54, 1.807) is 0 Å². The van der Waals surface area contributed by atoms with Crippen LogP contribution in [0.15, 0.2) is 22.7 Å². The molecule has 15 heavy (non-hydrogen) atoms. The van der Waals surface area contributed by atoms with Crippen LogP contribution in [0.2, 0.25) is 0 Å². The number of hydrogen-bond acceptors (Lipinski definition) is 1. The molecule has 0 fully saturated rings. The summed E-state index contributed by atoms with van der Waals surface area (Å²) in [5.74, 6) is 0. The summed E-state index contributed by atoms with van der Waals surface area (Å²) >= 11 is 3.36. The number of rotatable bonds is 3. The zero-order chi connectivity index (χ0) is 10.8. The van der Waals surface area contributed by atoms with E-state index in [2.05, 4.69) is 48.1 Å². The van der Waals surface area contributed by atoms with Crippen LogP contribution in [0, 0.1) is 26.8 Å². The van der Waals surface area contributed by atoms with Gasteiger partial charge in [-0.25, -0.2) is 0 Å². The first-order valence-corrected chi connectivity index (χ1v) is 5.43. The van der Waals surface area contributed by atoms with Gasteiger partial charge in [-0.1, -0.05) is 11.4 Å². The van der Waals surface area contributed by atoms with Crippen LogP contribution in [0.25, 0.3) is 0 Å². The Labute approximate surface area is 114 Å². The van der Waals surface area contributed by atoms with Gasteiger partial charge in [-0.05, 0) is 6.54 Å². The Balaban J connectivity index is 0. The van der Waals surface area contributed by atoms with Crippen molar-refractivity contribution in [3.63, 3.8) is 0 Å². The molecule has 0 aliphatic carbocycles. The molecule has 3 heteroatoms. The minimum Gasteiger partial charge on any atom is -0.349 e. The summed E-state index contributed by atoms with van der Waals surface area (Å²) in [5, 5.41) is 3.02. The molecule has 0 saturated heterocycles. The molecule has 0 radical (unpaired) electrons. The number of benzene rings is 1. The Hall–Kier alpha value is 0.257. The van der Waals surface area contributed by atoms with Crippen molar-refractivity contribution in [2.45, 2.75) is 13.3 Å². The molecule has 0 amide bonds. The summed E-state index contributed by atoms with van der Waals surface area (Å²) < 4.78 is 1.13. The van der Waals surface area contributed by atoms with Gasteiger partial charge in [0.05, 0.1) is 0 Å². The van der Waals surface area contributed by atoms with Gasteiger partial charge in [0.25, 0.3) is 0 Å². The molecule has 0 aliphatic heterocycles. The average molecular weight is 262 g/mol. The second-order valence-corrected chi connectivity index (χ2v) is 3.63. The molecule has 1 nitrogen and oxygen atoms in total. The molecule has 0 aromatic heterocycles. The van der Waals surface area contributed by atoms with Gasteiger partial charge in [0.2, 0.25) is 0 Å². The quantitative estimate of drug-likeness (QED) is 0.466. The SMILES string of the molecule is Cc1cc[c-]cc1Br.[CH2-]CCNC[CH2-].[Li+]. The van der Waals surface area contributed by atoms with Gasteiger partial charge >= 0.3 is 18.9 Å². The van der Waals surface area contributed by atoms with Gasteiger partial charge in [-0.3, -0.25) is 0 Å². The molecule has 1 rings (SSSR count). The van der Waals surface area contributed by atoms with Crippen molar-refractivity contribution in [1.29, 1.82) is 0 Å². The van der Waals surface area contributed by atoms with Crippen molar-refractivity contribution in [3.05, 3.63) is 48.1 Å². The maximum Gasteiger partial charge on any atom is 1.00 e. The molecule has 1 aromatic rings. The monoisotopic (exact) mass is 261 g/mol. The largest absolute Gasteiger partial charge is 1.00 e. The fourth-order valence-corrected chi connectivity index (χ4v) is 1.00. The van der Waals surface area contributed by atoms with E-state index >= 15 is 0 Å².